The van der Waals surface area contributed by atoms with Crippen LogP contribution in [-0.2, 0) is 16.1 Å². The minimum atomic E-state index is -0.410. The first-order valence-electron chi connectivity index (χ1n) is 8.77. The quantitative estimate of drug-likeness (QED) is 0.520. The Kier molecular flexibility index (Phi) is 6.54. The van der Waals surface area contributed by atoms with E-state index in [0.717, 1.165) is 24.4 Å². The Hall–Kier alpha value is -2.03. The fourth-order valence-corrected chi connectivity index (χ4v) is 3.45. The van der Waals surface area contributed by atoms with E-state index in [1.807, 2.05) is 29.3 Å². The lowest BCUT2D eigenvalue weighted by Gasteiger charge is -2.35. The van der Waals surface area contributed by atoms with Crippen molar-refractivity contribution in [3.05, 3.63) is 36.0 Å². The molecule has 1 saturated heterocycles. The molecule has 0 aromatic carbocycles. The second kappa shape index (κ2) is 9.07. The lowest BCUT2D eigenvalue weighted by atomic mass is 10.2. The topological polar surface area (TPSA) is 71.7 Å². The minimum Gasteiger partial charge on any atom is -0.368 e. The first-order valence-corrected chi connectivity index (χ1v) is 9.65. The molecular weight excluding hydrogens is 352 g/mol. The molecule has 1 aliphatic rings. The van der Waals surface area contributed by atoms with Gasteiger partial charge in [-0.05, 0) is 24.8 Å². The predicted octanol–water partition coefficient (Wildman–Crippen LogP) is 2.42. The summed E-state index contributed by atoms with van der Waals surface area (Å²) in [6.45, 7) is 9.56. The Morgan fingerprint density at radius 3 is 2.96 bits per heavy atom. The van der Waals surface area contributed by atoms with E-state index in [2.05, 4.69) is 21.6 Å². The molecule has 0 aliphatic carbocycles. The number of rotatable bonds is 8. The summed E-state index contributed by atoms with van der Waals surface area (Å²) in [5, 5.41) is 6.04. The molecule has 1 atom stereocenters. The second-order valence-corrected chi connectivity index (χ2v) is 7.13. The van der Waals surface area contributed by atoms with Crippen LogP contribution in [0, 0.1) is 0 Å². The van der Waals surface area contributed by atoms with Crippen LogP contribution in [0.1, 0.15) is 19.2 Å². The molecule has 0 spiro atoms. The molecule has 1 unspecified atom stereocenters. The van der Waals surface area contributed by atoms with E-state index in [4.69, 9.17) is 9.26 Å². The normalized spacial score (nSPS) is 16.6. The van der Waals surface area contributed by atoms with Gasteiger partial charge in [0.05, 0.1) is 18.0 Å². The van der Waals surface area contributed by atoms with Gasteiger partial charge in [-0.15, -0.1) is 17.9 Å². The molecule has 1 aliphatic heterocycles. The molecule has 0 radical (unpaired) electrons. The summed E-state index contributed by atoms with van der Waals surface area (Å²) in [5.41, 5.74) is 0. The van der Waals surface area contributed by atoms with E-state index >= 15 is 0 Å². The molecule has 8 heteroatoms. The molecule has 1 amide bonds. The molecular formula is C18H24N4O3S. The van der Waals surface area contributed by atoms with Crippen molar-refractivity contribution in [1.29, 1.82) is 0 Å². The van der Waals surface area contributed by atoms with Gasteiger partial charge in [-0.1, -0.05) is 17.3 Å². The average Bonchev–Trinajstić information content (AvgIpc) is 3.33. The van der Waals surface area contributed by atoms with Gasteiger partial charge in [0, 0.05) is 26.2 Å². The molecule has 2 aromatic heterocycles. The summed E-state index contributed by atoms with van der Waals surface area (Å²) in [7, 11) is 0. The Morgan fingerprint density at radius 2 is 2.27 bits per heavy atom. The average molecular weight is 376 g/mol. The zero-order valence-electron chi connectivity index (χ0n) is 15.0. The van der Waals surface area contributed by atoms with Crippen molar-refractivity contribution >= 4 is 17.2 Å². The van der Waals surface area contributed by atoms with Crippen molar-refractivity contribution in [2.75, 3.05) is 32.8 Å². The number of carbonyl (C=O) groups excluding carboxylic acids is 1. The van der Waals surface area contributed by atoms with Crippen molar-refractivity contribution in [2.24, 2.45) is 0 Å². The van der Waals surface area contributed by atoms with Crippen LogP contribution >= 0.6 is 11.3 Å². The van der Waals surface area contributed by atoms with Crippen molar-refractivity contribution in [3.63, 3.8) is 0 Å². The van der Waals surface area contributed by atoms with Crippen LogP contribution in [0.2, 0.25) is 0 Å². The Balaban J connectivity index is 1.45. The van der Waals surface area contributed by atoms with Crippen molar-refractivity contribution in [2.45, 2.75) is 26.0 Å². The Morgan fingerprint density at radius 1 is 1.46 bits per heavy atom. The van der Waals surface area contributed by atoms with Gasteiger partial charge < -0.3 is 14.2 Å². The maximum atomic E-state index is 12.4. The highest BCUT2D eigenvalue weighted by atomic mass is 32.1. The van der Waals surface area contributed by atoms with E-state index in [0.29, 0.717) is 38.0 Å². The summed E-state index contributed by atoms with van der Waals surface area (Å²) in [6.07, 6.45) is 2.13. The van der Waals surface area contributed by atoms with E-state index in [1.54, 1.807) is 17.4 Å². The summed E-state index contributed by atoms with van der Waals surface area (Å²) < 4.78 is 10.9. The zero-order chi connectivity index (χ0) is 18.4. The van der Waals surface area contributed by atoms with Gasteiger partial charge in [0.2, 0.25) is 0 Å². The largest absolute Gasteiger partial charge is 0.368 e. The maximum Gasteiger partial charge on any atom is 0.268 e. The van der Waals surface area contributed by atoms with Gasteiger partial charge in [-0.25, -0.2) is 0 Å². The fraction of sp³-hybridized carbons (Fsp3) is 0.500. The molecule has 0 N–H and O–H groups in total. The Labute approximate surface area is 157 Å². The maximum absolute atomic E-state index is 12.4. The van der Waals surface area contributed by atoms with E-state index in [1.165, 1.54) is 0 Å². The molecule has 140 valence electrons. The van der Waals surface area contributed by atoms with Gasteiger partial charge in [-0.3, -0.25) is 9.69 Å². The van der Waals surface area contributed by atoms with Crippen molar-refractivity contribution in [3.8, 4) is 10.8 Å². The first kappa shape index (κ1) is 18.8. The predicted molar refractivity (Wildman–Crippen MR) is 99.7 cm³/mol. The minimum absolute atomic E-state index is 0.0493. The number of piperazine rings is 1. The highest BCUT2D eigenvalue weighted by molar-refractivity contribution is 7.13. The third-order valence-electron chi connectivity index (χ3n) is 4.29. The van der Waals surface area contributed by atoms with Crippen LogP contribution in [-0.4, -0.2) is 64.7 Å². The summed E-state index contributed by atoms with van der Waals surface area (Å²) in [5.74, 6) is 1.29. The molecule has 3 heterocycles. The van der Waals surface area contributed by atoms with Gasteiger partial charge >= 0.3 is 0 Å². The molecule has 0 saturated carbocycles. The third-order valence-corrected chi connectivity index (χ3v) is 5.14. The van der Waals surface area contributed by atoms with Crippen LogP contribution in [0.15, 0.2) is 34.7 Å². The smallest absolute Gasteiger partial charge is 0.268 e. The van der Waals surface area contributed by atoms with Gasteiger partial charge in [0.25, 0.3) is 11.8 Å². The number of ether oxygens (including phenoxy) is 1. The van der Waals surface area contributed by atoms with Gasteiger partial charge in [-0.2, -0.15) is 4.98 Å². The van der Waals surface area contributed by atoms with Gasteiger partial charge in [0.1, 0.15) is 6.10 Å². The lowest BCUT2D eigenvalue weighted by molar-refractivity contribution is -0.144. The van der Waals surface area contributed by atoms with Crippen LogP contribution in [0.3, 0.4) is 0 Å². The number of carbonyl (C=O) groups is 1. The number of aromatic nitrogens is 2. The number of hydrogen-bond donors (Lipinski definition) is 0. The fourth-order valence-electron chi connectivity index (χ4n) is 2.80. The van der Waals surface area contributed by atoms with E-state index in [-0.39, 0.29) is 5.91 Å². The second-order valence-electron chi connectivity index (χ2n) is 6.18. The molecule has 3 rings (SSSR count). The number of amides is 1. The molecule has 7 nitrogen and oxygen atoms in total. The lowest BCUT2D eigenvalue weighted by Crippen LogP contribution is -2.51. The van der Waals surface area contributed by atoms with Crippen LogP contribution < -0.4 is 0 Å². The third kappa shape index (κ3) is 4.78. The summed E-state index contributed by atoms with van der Waals surface area (Å²) in [4.78, 5) is 21.9. The summed E-state index contributed by atoms with van der Waals surface area (Å²) >= 11 is 1.58. The van der Waals surface area contributed by atoms with E-state index in [9.17, 15) is 4.79 Å². The number of nitrogens with zero attached hydrogens (tertiary/aromatic N) is 4. The molecule has 1 fully saturated rings. The molecule has 2 aromatic rings. The highest BCUT2D eigenvalue weighted by Gasteiger charge is 2.26. The highest BCUT2D eigenvalue weighted by Crippen LogP contribution is 2.22. The summed E-state index contributed by atoms with van der Waals surface area (Å²) in [6, 6.07) is 3.92. The first-order chi connectivity index (χ1) is 12.7. The Bertz CT molecular complexity index is 708. The van der Waals surface area contributed by atoms with Crippen LogP contribution in [0.5, 0.6) is 0 Å². The molecule has 26 heavy (non-hydrogen) atoms. The van der Waals surface area contributed by atoms with Gasteiger partial charge in [0.15, 0.2) is 5.82 Å². The van der Waals surface area contributed by atoms with Crippen molar-refractivity contribution in [1.82, 2.24) is 19.9 Å². The van der Waals surface area contributed by atoms with Crippen molar-refractivity contribution < 1.29 is 14.1 Å². The standard InChI is InChI=1S/C18H24N4O3S/c1-3-4-11-24-14(2)18(23)22-9-7-21(8-10-22)13-16-19-17(25-20-16)15-6-5-12-26-15/h3,5-6,12,14H,1,4,7-11,13H2,2H3. The van der Waals surface area contributed by atoms with Crippen LogP contribution in [0.4, 0.5) is 0 Å². The molecule has 0 bridgehead atoms. The monoisotopic (exact) mass is 376 g/mol. The SMILES string of the molecule is C=CCCOC(C)C(=O)N1CCN(Cc2noc(-c3cccs3)n2)CC1. The number of hydrogen-bond acceptors (Lipinski definition) is 7. The number of thiophene rings is 1. The van der Waals surface area contributed by atoms with Crippen LogP contribution in [0.25, 0.3) is 10.8 Å². The zero-order valence-corrected chi connectivity index (χ0v) is 15.8. The van der Waals surface area contributed by atoms with E-state index < -0.39 is 6.10 Å².